The number of ether oxygens (including phenoxy) is 3. The molecule has 6 heteroatoms. The van der Waals surface area contributed by atoms with Crippen molar-refractivity contribution < 1.29 is 28.6 Å². The van der Waals surface area contributed by atoms with Gasteiger partial charge in [-0.15, -0.1) is 0 Å². The van der Waals surface area contributed by atoms with Gasteiger partial charge in [0.2, 0.25) is 0 Å². The predicted molar refractivity (Wildman–Crippen MR) is 288 cm³/mol. The predicted octanol–water partition coefficient (Wildman–Crippen LogP) is 19.2. The summed E-state index contributed by atoms with van der Waals surface area (Å²) in [5.74, 6) is -0.890. The molecule has 0 aliphatic rings. The molecule has 0 aromatic heterocycles. The summed E-state index contributed by atoms with van der Waals surface area (Å²) in [7, 11) is 0. The van der Waals surface area contributed by atoms with Crippen molar-refractivity contribution in [3.8, 4) is 0 Å². The summed E-state index contributed by atoms with van der Waals surface area (Å²) >= 11 is 0. The van der Waals surface area contributed by atoms with Gasteiger partial charge in [0.05, 0.1) is 0 Å². The summed E-state index contributed by atoms with van der Waals surface area (Å²) in [6.45, 7) is 6.55. The Morgan fingerprint density at radius 2 is 0.567 bits per heavy atom. The van der Waals surface area contributed by atoms with Crippen LogP contribution in [0.4, 0.5) is 0 Å². The third-order valence-electron chi connectivity index (χ3n) is 12.5. The normalized spacial score (nSPS) is 12.5. The summed E-state index contributed by atoms with van der Waals surface area (Å²) in [6.07, 6.45) is 69.4. The van der Waals surface area contributed by atoms with E-state index in [1.165, 1.54) is 148 Å². The first kappa shape index (κ1) is 64.1. The van der Waals surface area contributed by atoms with E-state index in [0.717, 1.165) is 103 Å². The molecule has 0 rings (SSSR count). The molecular formula is C61H108O6. The molecule has 0 fully saturated rings. The number of esters is 3. The molecule has 0 saturated heterocycles. The second kappa shape index (κ2) is 55.7. The van der Waals surface area contributed by atoms with Crippen LogP contribution in [0.5, 0.6) is 0 Å². The highest BCUT2D eigenvalue weighted by Gasteiger charge is 2.19. The Balaban J connectivity index is 4.16. The third-order valence-corrected chi connectivity index (χ3v) is 12.5. The summed E-state index contributed by atoms with van der Waals surface area (Å²) in [4.78, 5) is 38.0. The van der Waals surface area contributed by atoms with Gasteiger partial charge in [-0.1, -0.05) is 248 Å². The number of carbonyl (C=O) groups excluding carboxylic acids is 3. The van der Waals surface area contributed by atoms with E-state index in [1.54, 1.807) is 0 Å². The number of hydrogen-bond donors (Lipinski definition) is 0. The van der Waals surface area contributed by atoms with Crippen LogP contribution in [0.15, 0.2) is 60.8 Å². The third kappa shape index (κ3) is 53.9. The van der Waals surface area contributed by atoms with Crippen LogP contribution >= 0.6 is 0 Å². The van der Waals surface area contributed by atoms with E-state index in [0.29, 0.717) is 19.3 Å². The van der Waals surface area contributed by atoms with Crippen LogP contribution in [-0.2, 0) is 28.6 Å². The van der Waals surface area contributed by atoms with E-state index in [1.807, 2.05) is 0 Å². The fraction of sp³-hybridized carbons (Fsp3) is 0.787. The summed E-state index contributed by atoms with van der Waals surface area (Å²) in [5, 5.41) is 0. The molecule has 0 saturated carbocycles. The van der Waals surface area contributed by atoms with Crippen LogP contribution in [0.25, 0.3) is 0 Å². The van der Waals surface area contributed by atoms with E-state index in [-0.39, 0.29) is 31.1 Å². The SMILES string of the molecule is CCC/C=C\C/C=C\CCCCCCCC(=O)OC(COC(=O)CCCCCCCCCCC)COC(=O)CCCCCCCCCCCCCC/C=C\C/C=C\C/C=C\CCCCCCC. The highest BCUT2D eigenvalue weighted by molar-refractivity contribution is 5.71. The Labute approximate surface area is 415 Å². The van der Waals surface area contributed by atoms with Crippen molar-refractivity contribution in [1.29, 1.82) is 0 Å². The lowest BCUT2D eigenvalue weighted by molar-refractivity contribution is -0.167. The van der Waals surface area contributed by atoms with Crippen molar-refractivity contribution >= 4 is 17.9 Å². The summed E-state index contributed by atoms with van der Waals surface area (Å²) in [5.41, 5.74) is 0. The Morgan fingerprint density at radius 1 is 0.299 bits per heavy atom. The van der Waals surface area contributed by atoms with Gasteiger partial charge < -0.3 is 14.2 Å². The molecule has 1 unspecified atom stereocenters. The minimum Gasteiger partial charge on any atom is -0.462 e. The zero-order valence-corrected chi connectivity index (χ0v) is 44.4. The Morgan fingerprint density at radius 3 is 0.896 bits per heavy atom. The molecular weight excluding hydrogens is 829 g/mol. The van der Waals surface area contributed by atoms with E-state index in [2.05, 4.69) is 81.5 Å². The maximum Gasteiger partial charge on any atom is 0.306 e. The van der Waals surface area contributed by atoms with E-state index in [9.17, 15) is 14.4 Å². The van der Waals surface area contributed by atoms with Gasteiger partial charge in [-0.25, -0.2) is 0 Å². The number of carbonyl (C=O) groups is 3. The van der Waals surface area contributed by atoms with Crippen molar-refractivity contribution in [2.45, 2.75) is 297 Å². The quantitative estimate of drug-likeness (QED) is 0.0262. The molecule has 0 bridgehead atoms. The van der Waals surface area contributed by atoms with Gasteiger partial charge in [-0.3, -0.25) is 14.4 Å². The first-order chi connectivity index (χ1) is 33.0. The average Bonchev–Trinajstić information content (AvgIpc) is 3.33. The van der Waals surface area contributed by atoms with Crippen LogP contribution in [0.3, 0.4) is 0 Å². The zero-order chi connectivity index (χ0) is 48.6. The molecule has 0 aromatic rings. The molecule has 0 radical (unpaired) electrons. The molecule has 67 heavy (non-hydrogen) atoms. The fourth-order valence-corrected chi connectivity index (χ4v) is 8.14. The maximum absolute atomic E-state index is 12.8. The lowest BCUT2D eigenvalue weighted by Gasteiger charge is -2.18. The van der Waals surface area contributed by atoms with Crippen molar-refractivity contribution in [2.75, 3.05) is 13.2 Å². The lowest BCUT2D eigenvalue weighted by Crippen LogP contribution is -2.30. The topological polar surface area (TPSA) is 78.9 Å². The van der Waals surface area contributed by atoms with Gasteiger partial charge in [0.15, 0.2) is 6.10 Å². The smallest absolute Gasteiger partial charge is 0.306 e. The maximum atomic E-state index is 12.8. The van der Waals surface area contributed by atoms with Crippen LogP contribution in [0, 0.1) is 0 Å². The number of unbranched alkanes of at least 4 members (excludes halogenated alkanes) is 31. The molecule has 0 amide bonds. The fourth-order valence-electron chi connectivity index (χ4n) is 8.14. The van der Waals surface area contributed by atoms with Crippen LogP contribution < -0.4 is 0 Å². The number of allylic oxidation sites excluding steroid dienone is 10. The number of rotatable bonds is 52. The molecule has 0 heterocycles. The van der Waals surface area contributed by atoms with Gasteiger partial charge >= 0.3 is 17.9 Å². The monoisotopic (exact) mass is 937 g/mol. The second-order valence-corrected chi connectivity index (χ2v) is 19.2. The molecule has 1 atom stereocenters. The van der Waals surface area contributed by atoms with Crippen LogP contribution in [0.1, 0.15) is 290 Å². The standard InChI is InChI=1S/C61H108O6/c1-4-7-10-13-16-19-21-23-24-25-26-27-28-29-30-31-32-33-34-35-36-38-39-42-45-48-51-54-60(63)66-57-58(56-65-59(62)53-50-47-44-41-18-15-12-9-6-3)67-61(64)55-52-49-46-43-40-37-22-20-17-14-11-8-5-2/h11,14,20-23,25-26,28-29,58H,4-10,12-13,15-19,24,27,30-57H2,1-3H3/b14-11-,22-20-,23-21-,26-25-,29-28-. The average molecular weight is 938 g/mol. The van der Waals surface area contributed by atoms with Gasteiger partial charge in [0.1, 0.15) is 13.2 Å². The molecule has 0 aromatic carbocycles. The van der Waals surface area contributed by atoms with Crippen LogP contribution in [-0.4, -0.2) is 37.2 Å². The van der Waals surface area contributed by atoms with Crippen molar-refractivity contribution in [3.05, 3.63) is 60.8 Å². The summed E-state index contributed by atoms with van der Waals surface area (Å²) < 4.78 is 16.8. The molecule has 0 spiro atoms. The molecule has 0 N–H and O–H groups in total. The van der Waals surface area contributed by atoms with Gasteiger partial charge in [0, 0.05) is 19.3 Å². The van der Waals surface area contributed by atoms with E-state index in [4.69, 9.17) is 14.2 Å². The van der Waals surface area contributed by atoms with Crippen molar-refractivity contribution in [1.82, 2.24) is 0 Å². The van der Waals surface area contributed by atoms with Gasteiger partial charge in [-0.2, -0.15) is 0 Å². The highest BCUT2D eigenvalue weighted by Crippen LogP contribution is 2.16. The minimum absolute atomic E-state index is 0.0783. The molecule has 6 nitrogen and oxygen atoms in total. The largest absolute Gasteiger partial charge is 0.462 e. The molecule has 0 aliphatic carbocycles. The highest BCUT2D eigenvalue weighted by atomic mass is 16.6. The van der Waals surface area contributed by atoms with E-state index < -0.39 is 6.10 Å². The molecule has 0 aliphatic heterocycles. The molecule has 388 valence electrons. The van der Waals surface area contributed by atoms with Crippen LogP contribution in [0.2, 0.25) is 0 Å². The minimum atomic E-state index is -0.778. The Bertz CT molecular complexity index is 1210. The van der Waals surface area contributed by atoms with E-state index >= 15 is 0 Å². The number of hydrogen-bond acceptors (Lipinski definition) is 6. The Hall–Kier alpha value is -2.89. The van der Waals surface area contributed by atoms with Gasteiger partial charge in [-0.05, 0) is 83.5 Å². The van der Waals surface area contributed by atoms with Gasteiger partial charge in [0.25, 0.3) is 0 Å². The van der Waals surface area contributed by atoms with Crippen molar-refractivity contribution in [3.63, 3.8) is 0 Å². The van der Waals surface area contributed by atoms with Crippen molar-refractivity contribution in [2.24, 2.45) is 0 Å². The Kier molecular flexibility index (Phi) is 53.3. The second-order valence-electron chi connectivity index (χ2n) is 19.2. The summed E-state index contributed by atoms with van der Waals surface area (Å²) in [6, 6.07) is 0. The first-order valence-electron chi connectivity index (χ1n) is 28.8. The first-order valence-corrected chi connectivity index (χ1v) is 28.8. The lowest BCUT2D eigenvalue weighted by atomic mass is 10.0. The zero-order valence-electron chi connectivity index (χ0n) is 44.4.